The van der Waals surface area contributed by atoms with Gasteiger partial charge in [0.05, 0.1) is 5.69 Å². The van der Waals surface area contributed by atoms with Crippen LogP contribution in [0.3, 0.4) is 0 Å². The first-order valence-corrected chi connectivity index (χ1v) is 12.0. The van der Waals surface area contributed by atoms with Crippen LogP contribution in [0.1, 0.15) is 18.4 Å². The Morgan fingerprint density at radius 1 is 1.14 bits per heavy atom. The van der Waals surface area contributed by atoms with Gasteiger partial charge in [-0.3, -0.25) is 4.79 Å². The van der Waals surface area contributed by atoms with Crippen LogP contribution in [0.25, 0.3) is 23.0 Å². The minimum Gasteiger partial charge on any atom is -0.399 e. The second-order valence-electron chi connectivity index (χ2n) is 8.82. The number of amides is 1. The van der Waals surface area contributed by atoms with Crippen LogP contribution in [0.2, 0.25) is 5.02 Å². The number of anilines is 2. The van der Waals surface area contributed by atoms with Crippen LogP contribution >= 0.6 is 11.6 Å². The van der Waals surface area contributed by atoms with E-state index in [0.29, 0.717) is 23.8 Å². The van der Waals surface area contributed by atoms with Crippen molar-refractivity contribution in [1.82, 2.24) is 19.5 Å². The number of likely N-dealkylation sites (tertiary alicyclic amines) is 1. The predicted octanol–water partition coefficient (Wildman–Crippen LogP) is 3.01. The maximum absolute atomic E-state index is 12.7. The topological polar surface area (TPSA) is 88.5 Å². The minimum absolute atomic E-state index is 0.0147. The third-order valence-corrected chi connectivity index (χ3v) is 6.62. The van der Waals surface area contributed by atoms with Crippen LogP contribution in [0.15, 0.2) is 66.9 Å². The Balaban J connectivity index is 1.29. The van der Waals surface area contributed by atoms with Gasteiger partial charge in [-0.15, -0.1) is 0 Å². The largest absolute Gasteiger partial charge is 0.399 e. The van der Waals surface area contributed by atoms with Gasteiger partial charge in [0.15, 0.2) is 5.65 Å². The fraction of sp³-hybridized carbons (Fsp3) is 0.192. The molecular weight excluding hydrogens is 459 g/mol. The van der Waals surface area contributed by atoms with E-state index in [4.69, 9.17) is 22.3 Å². The number of fused-ring (bicyclic) bond motifs is 1. The molecule has 7 nitrogen and oxygen atoms in total. The zero-order valence-electron chi connectivity index (χ0n) is 19.5. The quantitative estimate of drug-likeness (QED) is 0.258. The molecule has 3 N–H and O–H groups in total. The highest BCUT2D eigenvalue weighted by Gasteiger charge is 2.23. The SMILES string of the molecule is Bc1cnn2c(NC3CCN(C(=O)/C=C/c4cccc(N)c4)CC3)cc(-c3ccccc3Cl)nc12. The summed E-state index contributed by atoms with van der Waals surface area (Å²) in [5.74, 6) is 0.880. The van der Waals surface area contributed by atoms with E-state index < -0.39 is 0 Å². The number of aromatic nitrogens is 3. The van der Waals surface area contributed by atoms with Gasteiger partial charge in [0.1, 0.15) is 13.7 Å². The molecule has 176 valence electrons. The predicted molar refractivity (Wildman–Crippen MR) is 145 cm³/mol. The summed E-state index contributed by atoms with van der Waals surface area (Å²) in [6, 6.07) is 17.4. The molecule has 9 heteroatoms. The molecule has 1 saturated heterocycles. The van der Waals surface area contributed by atoms with Crippen LogP contribution < -0.4 is 16.5 Å². The van der Waals surface area contributed by atoms with E-state index in [1.165, 1.54) is 0 Å². The number of nitrogens with one attached hydrogen (secondary N) is 1. The summed E-state index contributed by atoms with van der Waals surface area (Å²) in [6.45, 7) is 1.36. The number of nitrogens with zero attached hydrogens (tertiary/aromatic N) is 4. The van der Waals surface area contributed by atoms with Crippen LogP contribution in [0, 0.1) is 0 Å². The van der Waals surface area contributed by atoms with Gasteiger partial charge in [-0.05, 0) is 48.1 Å². The molecule has 0 aliphatic carbocycles. The number of carbonyl (C=O) groups excluding carboxylic acids is 1. The van der Waals surface area contributed by atoms with Crippen molar-refractivity contribution in [3.63, 3.8) is 0 Å². The van der Waals surface area contributed by atoms with E-state index in [1.807, 2.05) is 84.1 Å². The molecule has 3 heterocycles. The van der Waals surface area contributed by atoms with Crippen molar-refractivity contribution < 1.29 is 4.79 Å². The molecule has 0 radical (unpaired) electrons. The molecule has 0 saturated carbocycles. The second kappa shape index (κ2) is 9.84. The highest BCUT2D eigenvalue weighted by Crippen LogP contribution is 2.29. The molecule has 4 aromatic rings. The number of carbonyl (C=O) groups is 1. The van der Waals surface area contributed by atoms with Crippen molar-refractivity contribution >= 4 is 54.0 Å². The molecule has 2 aromatic carbocycles. The Bertz CT molecular complexity index is 1410. The van der Waals surface area contributed by atoms with Crippen molar-refractivity contribution in [3.05, 3.63) is 77.5 Å². The highest BCUT2D eigenvalue weighted by molar-refractivity contribution is 6.36. The van der Waals surface area contributed by atoms with Gasteiger partial charge >= 0.3 is 0 Å². The van der Waals surface area contributed by atoms with E-state index >= 15 is 0 Å². The number of nitrogen functional groups attached to an aromatic ring is 1. The van der Waals surface area contributed by atoms with E-state index in [-0.39, 0.29) is 11.9 Å². The molecule has 2 aromatic heterocycles. The van der Waals surface area contributed by atoms with Crippen molar-refractivity contribution in [2.75, 3.05) is 24.1 Å². The lowest BCUT2D eigenvalue weighted by Crippen LogP contribution is -2.42. The van der Waals surface area contributed by atoms with E-state index in [2.05, 4.69) is 10.4 Å². The fourth-order valence-electron chi connectivity index (χ4n) is 4.37. The summed E-state index contributed by atoms with van der Waals surface area (Å²) >= 11 is 6.45. The van der Waals surface area contributed by atoms with Gasteiger partial charge in [0, 0.05) is 53.7 Å². The summed E-state index contributed by atoms with van der Waals surface area (Å²) in [5, 5.41) is 8.82. The first-order chi connectivity index (χ1) is 17.0. The Labute approximate surface area is 210 Å². The van der Waals surface area contributed by atoms with Gasteiger partial charge in [-0.1, -0.05) is 41.9 Å². The van der Waals surface area contributed by atoms with Gasteiger partial charge < -0.3 is 16.0 Å². The molecule has 0 atom stereocenters. The summed E-state index contributed by atoms with van der Waals surface area (Å²) in [6.07, 6.45) is 6.93. The molecule has 35 heavy (non-hydrogen) atoms. The Kier molecular flexibility index (Phi) is 6.46. The molecule has 1 amide bonds. The van der Waals surface area contributed by atoms with Gasteiger partial charge in [0.2, 0.25) is 5.91 Å². The summed E-state index contributed by atoms with van der Waals surface area (Å²) in [5.41, 5.74) is 10.9. The lowest BCUT2D eigenvalue weighted by molar-refractivity contribution is -0.126. The number of halogens is 1. The van der Waals surface area contributed by atoms with E-state index in [9.17, 15) is 4.79 Å². The van der Waals surface area contributed by atoms with Crippen LogP contribution in [-0.4, -0.2) is 52.4 Å². The number of rotatable bonds is 5. The maximum Gasteiger partial charge on any atom is 0.246 e. The van der Waals surface area contributed by atoms with Crippen LogP contribution in [-0.2, 0) is 4.79 Å². The van der Waals surface area contributed by atoms with E-state index in [0.717, 1.165) is 46.6 Å². The number of benzene rings is 2. The number of piperidine rings is 1. The Hall–Kier alpha value is -3.78. The van der Waals surface area contributed by atoms with Gasteiger partial charge in [-0.2, -0.15) is 9.61 Å². The molecule has 0 spiro atoms. The Morgan fingerprint density at radius 3 is 2.71 bits per heavy atom. The van der Waals surface area contributed by atoms with Crippen LogP contribution in [0.4, 0.5) is 11.5 Å². The first-order valence-electron chi connectivity index (χ1n) is 11.7. The summed E-state index contributed by atoms with van der Waals surface area (Å²) in [4.78, 5) is 19.4. The first kappa shape index (κ1) is 23.0. The lowest BCUT2D eigenvalue weighted by Gasteiger charge is -2.32. The standard InChI is InChI=1S/C26H26BClN6O/c27-21-16-30-34-24(15-23(32-26(21)34)20-6-1-2-7-22(20)28)31-19-10-12-33(13-11-19)25(35)9-8-17-4-3-5-18(29)14-17/h1-9,14-16,19,31H,10-13,27,29H2/b9-8+. The van der Waals surface area contributed by atoms with Crippen molar-refractivity contribution in [2.24, 2.45) is 0 Å². The molecule has 0 bridgehead atoms. The van der Waals surface area contributed by atoms with Crippen molar-refractivity contribution in [1.29, 1.82) is 0 Å². The average Bonchev–Trinajstić information content (AvgIpc) is 3.24. The smallest absolute Gasteiger partial charge is 0.246 e. The van der Waals surface area contributed by atoms with Crippen molar-refractivity contribution in [3.8, 4) is 11.3 Å². The third-order valence-electron chi connectivity index (χ3n) is 6.29. The average molecular weight is 485 g/mol. The molecule has 5 rings (SSSR count). The van der Waals surface area contributed by atoms with Gasteiger partial charge in [-0.25, -0.2) is 4.98 Å². The Morgan fingerprint density at radius 2 is 1.94 bits per heavy atom. The maximum atomic E-state index is 12.7. The lowest BCUT2D eigenvalue weighted by atomic mass is 10.0. The molecule has 0 unspecified atom stereocenters. The summed E-state index contributed by atoms with van der Waals surface area (Å²) in [7, 11) is 2.00. The number of hydrogen-bond donors (Lipinski definition) is 2. The van der Waals surface area contributed by atoms with E-state index in [1.54, 1.807) is 6.08 Å². The summed E-state index contributed by atoms with van der Waals surface area (Å²) < 4.78 is 1.83. The number of hydrogen-bond acceptors (Lipinski definition) is 5. The normalized spacial score (nSPS) is 14.6. The molecule has 1 aliphatic heterocycles. The highest BCUT2D eigenvalue weighted by atomic mass is 35.5. The fourth-order valence-corrected chi connectivity index (χ4v) is 4.60. The molecule has 1 fully saturated rings. The third kappa shape index (κ3) is 5.02. The number of nitrogens with two attached hydrogens (primary N) is 1. The van der Waals surface area contributed by atoms with Crippen LogP contribution in [0.5, 0.6) is 0 Å². The zero-order valence-corrected chi connectivity index (χ0v) is 20.2. The monoisotopic (exact) mass is 484 g/mol. The molecule has 1 aliphatic rings. The molecular formula is C26H26BClN6O. The zero-order chi connectivity index (χ0) is 24.4. The van der Waals surface area contributed by atoms with Gasteiger partial charge in [0.25, 0.3) is 0 Å². The second-order valence-corrected chi connectivity index (χ2v) is 9.22. The van der Waals surface area contributed by atoms with Crippen molar-refractivity contribution in [2.45, 2.75) is 18.9 Å². The minimum atomic E-state index is 0.0147.